The van der Waals surface area contributed by atoms with Gasteiger partial charge >= 0.3 is 0 Å². The van der Waals surface area contributed by atoms with E-state index in [0.717, 1.165) is 5.16 Å². The van der Waals surface area contributed by atoms with E-state index < -0.39 is 5.82 Å². The minimum atomic E-state index is -0.504. The maximum atomic E-state index is 13.7. The van der Waals surface area contributed by atoms with Gasteiger partial charge in [-0.1, -0.05) is 29.6 Å². The molecular formula is C19H20BrFN4O3S2. The molecule has 0 bridgehead atoms. The number of methoxy groups -OCH3 is 1. The fraction of sp³-hybridized carbons (Fsp3) is 0.263. The van der Waals surface area contributed by atoms with Crippen LogP contribution in [0.1, 0.15) is 0 Å². The van der Waals surface area contributed by atoms with Crippen LogP contribution in [0.2, 0.25) is 0 Å². The number of halogens is 2. The van der Waals surface area contributed by atoms with Crippen LogP contribution in [0, 0.1) is 5.82 Å². The first kappa shape index (κ1) is 24.2. The maximum Gasteiger partial charge on any atom is 0.268 e. The van der Waals surface area contributed by atoms with Crippen LogP contribution in [0.3, 0.4) is 0 Å². The number of hydrogen-bond donors (Lipinski definition) is 0. The Morgan fingerprint density at radius 2 is 1.57 bits per heavy atom. The van der Waals surface area contributed by atoms with E-state index in [9.17, 15) is 14.0 Å². The molecule has 0 N–H and O–H groups in total. The molecule has 0 amide bonds. The third-order valence-corrected chi connectivity index (χ3v) is 6.07. The summed E-state index contributed by atoms with van der Waals surface area (Å²) in [4.78, 5) is 31.6. The van der Waals surface area contributed by atoms with Crippen molar-refractivity contribution >= 4 is 39.5 Å². The quantitative estimate of drug-likeness (QED) is 0.388. The van der Waals surface area contributed by atoms with Gasteiger partial charge in [-0.2, -0.15) is 0 Å². The third kappa shape index (κ3) is 5.32. The monoisotopic (exact) mass is 514 g/mol. The number of ether oxygens (including phenoxy) is 1. The Bertz CT molecular complexity index is 1170. The van der Waals surface area contributed by atoms with Crippen molar-refractivity contribution in [2.75, 3.05) is 19.6 Å². The minimum absolute atomic E-state index is 0.0515. The second-order valence-corrected chi connectivity index (χ2v) is 8.23. The van der Waals surface area contributed by atoms with Crippen LogP contribution in [-0.4, -0.2) is 38.7 Å². The highest BCUT2D eigenvalue weighted by molar-refractivity contribution is 9.10. The Morgan fingerprint density at radius 3 is 2.10 bits per heavy atom. The summed E-state index contributed by atoms with van der Waals surface area (Å²) in [6.07, 6.45) is 6.72. The summed E-state index contributed by atoms with van der Waals surface area (Å²) >= 11 is 5.93. The van der Waals surface area contributed by atoms with E-state index in [2.05, 4.69) is 25.9 Å². The van der Waals surface area contributed by atoms with E-state index in [1.54, 1.807) is 20.2 Å². The van der Waals surface area contributed by atoms with Crippen molar-refractivity contribution in [2.24, 2.45) is 14.1 Å². The smallest absolute Gasteiger partial charge is 0.268 e. The van der Waals surface area contributed by atoms with Crippen molar-refractivity contribution in [3.63, 3.8) is 0 Å². The van der Waals surface area contributed by atoms with Gasteiger partial charge in [0.25, 0.3) is 11.1 Å². The Morgan fingerprint density at radius 1 is 1.00 bits per heavy atom. The van der Waals surface area contributed by atoms with E-state index in [1.165, 1.54) is 64.3 Å². The van der Waals surface area contributed by atoms with Crippen molar-refractivity contribution in [3.05, 3.63) is 61.6 Å². The summed E-state index contributed by atoms with van der Waals surface area (Å²) in [5.41, 5.74) is 0.592. The zero-order valence-corrected chi connectivity index (χ0v) is 20.2. The molecule has 0 spiro atoms. The summed E-state index contributed by atoms with van der Waals surface area (Å²) in [5.74, 6) is -0.356. The number of rotatable bonds is 4. The van der Waals surface area contributed by atoms with E-state index in [4.69, 9.17) is 4.74 Å². The number of benzene rings is 1. The summed E-state index contributed by atoms with van der Waals surface area (Å²) in [6.45, 7) is 0. The molecule has 0 unspecified atom stereocenters. The summed E-state index contributed by atoms with van der Waals surface area (Å²) in [5, 5.41) is 1.33. The van der Waals surface area contributed by atoms with Gasteiger partial charge in [0.1, 0.15) is 4.47 Å². The lowest BCUT2D eigenvalue weighted by atomic mass is 10.1. The van der Waals surface area contributed by atoms with Crippen LogP contribution < -0.4 is 15.9 Å². The normalized spacial score (nSPS) is 10.4. The summed E-state index contributed by atoms with van der Waals surface area (Å²) in [6, 6.07) is 4.40. The molecule has 0 atom stereocenters. The lowest BCUT2D eigenvalue weighted by molar-refractivity contribution is 0.386. The van der Waals surface area contributed by atoms with Gasteiger partial charge in [-0.05, 0) is 46.1 Å². The van der Waals surface area contributed by atoms with Gasteiger partial charge in [0.15, 0.2) is 21.9 Å². The Hall–Kier alpha value is -2.11. The molecule has 0 saturated heterocycles. The molecule has 2 heterocycles. The Labute approximate surface area is 189 Å². The van der Waals surface area contributed by atoms with Crippen molar-refractivity contribution in [3.8, 4) is 16.9 Å². The van der Waals surface area contributed by atoms with Gasteiger partial charge in [0, 0.05) is 26.5 Å². The predicted molar refractivity (Wildman–Crippen MR) is 122 cm³/mol. The molecule has 11 heteroatoms. The lowest BCUT2D eigenvalue weighted by Gasteiger charge is -2.08. The average Bonchev–Trinajstić information content (AvgIpc) is 2.74. The molecule has 3 aromatic rings. The fourth-order valence-electron chi connectivity index (χ4n) is 2.44. The van der Waals surface area contributed by atoms with E-state index in [0.29, 0.717) is 20.8 Å². The van der Waals surface area contributed by atoms with Gasteiger partial charge < -0.3 is 4.74 Å². The summed E-state index contributed by atoms with van der Waals surface area (Å²) in [7, 11) is 4.74. The maximum absolute atomic E-state index is 13.7. The second-order valence-electron chi connectivity index (χ2n) is 5.83. The molecule has 0 aliphatic rings. The number of aromatic nitrogens is 4. The molecule has 0 aliphatic carbocycles. The van der Waals surface area contributed by atoms with Gasteiger partial charge in [-0.15, -0.1) is 0 Å². The summed E-state index contributed by atoms with van der Waals surface area (Å²) < 4.78 is 22.0. The zero-order chi connectivity index (χ0) is 22.4. The first-order chi connectivity index (χ1) is 14.2. The van der Waals surface area contributed by atoms with Crippen molar-refractivity contribution < 1.29 is 9.13 Å². The highest BCUT2D eigenvalue weighted by Gasteiger charge is 2.11. The highest BCUT2D eigenvalue weighted by atomic mass is 79.9. The molecule has 0 fully saturated rings. The number of hydrogen-bond acceptors (Lipinski definition) is 7. The molecule has 0 aliphatic heterocycles. The van der Waals surface area contributed by atoms with Gasteiger partial charge in [0.2, 0.25) is 0 Å². The lowest BCUT2D eigenvalue weighted by Crippen LogP contribution is -2.21. The Balaban J connectivity index is 0.000000248. The van der Waals surface area contributed by atoms with Crippen LogP contribution in [0.15, 0.2) is 55.0 Å². The fourth-order valence-corrected chi connectivity index (χ4v) is 3.84. The van der Waals surface area contributed by atoms with Crippen LogP contribution in [0.25, 0.3) is 11.1 Å². The highest BCUT2D eigenvalue weighted by Crippen LogP contribution is 2.23. The molecule has 30 heavy (non-hydrogen) atoms. The van der Waals surface area contributed by atoms with Gasteiger partial charge in [-0.25, -0.2) is 14.4 Å². The molecule has 1 aromatic carbocycles. The minimum Gasteiger partial charge on any atom is -0.494 e. The third-order valence-electron chi connectivity index (χ3n) is 4.04. The molecule has 160 valence electrons. The molecule has 0 saturated carbocycles. The first-order valence-electron chi connectivity index (χ1n) is 8.44. The predicted octanol–water partition coefficient (Wildman–Crippen LogP) is 3.58. The van der Waals surface area contributed by atoms with Crippen LogP contribution in [-0.2, 0) is 14.1 Å². The van der Waals surface area contributed by atoms with Crippen molar-refractivity contribution in [1.29, 1.82) is 0 Å². The molecule has 3 rings (SSSR count). The molecule has 7 nitrogen and oxygen atoms in total. The SMILES string of the molecule is COc1ccc(-c2cnc(SC)n(C)c2=O)cc1F.CSc1ncc(Br)c(=O)n1C. The molecule has 2 aromatic heterocycles. The largest absolute Gasteiger partial charge is 0.494 e. The van der Waals surface area contributed by atoms with Crippen molar-refractivity contribution in [1.82, 2.24) is 19.1 Å². The van der Waals surface area contributed by atoms with Crippen molar-refractivity contribution in [2.45, 2.75) is 10.3 Å². The first-order valence-corrected chi connectivity index (χ1v) is 11.7. The van der Waals surface area contributed by atoms with E-state index >= 15 is 0 Å². The zero-order valence-electron chi connectivity index (χ0n) is 17.0. The van der Waals surface area contributed by atoms with Crippen LogP contribution in [0.5, 0.6) is 5.75 Å². The topological polar surface area (TPSA) is 79.0 Å². The number of thioether (sulfide) groups is 2. The average molecular weight is 515 g/mol. The van der Waals surface area contributed by atoms with Gasteiger partial charge in [0.05, 0.1) is 12.7 Å². The van der Waals surface area contributed by atoms with E-state index in [-0.39, 0.29) is 16.9 Å². The van der Waals surface area contributed by atoms with Gasteiger partial charge in [-0.3, -0.25) is 18.7 Å². The number of nitrogens with zero attached hydrogens (tertiary/aromatic N) is 4. The Kier molecular flexibility index (Phi) is 8.68. The second kappa shape index (κ2) is 10.8. The molecular weight excluding hydrogens is 495 g/mol. The molecule has 0 radical (unpaired) electrons. The van der Waals surface area contributed by atoms with E-state index in [1.807, 2.05) is 12.5 Å². The van der Waals surface area contributed by atoms with Crippen LogP contribution in [0.4, 0.5) is 4.39 Å². The van der Waals surface area contributed by atoms with Crippen LogP contribution >= 0.6 is 39.5 Å². The standard InChI is InChI=1S/C13H13FN2O2S.C6H7BrN2OS/c1-16-12(17)9(7-15-13(16)19-3)8-4-5-11(18-2)10(14)6-8;1-9-5(10)4(7)3-8-6(9)11-2/h4-7H,1-3H3;3H,1-2H3.